The van der Waals surface area contributed by atoms with Crippen molar-refractivity contribution in [2.45, 2.75) is 77.7 Å². The number of nitrogens with one attached hydrogen (secondary N) is 1. The lowest BCUT2D eigenvalue weighted by Gasteiger charge is -2.35. The maximum absolute atomic E-state index is 12.9. The van der Waals surface area contributed by atoms with E-state index in [9.17, 15) is 9.59 Å². The topological polar surface area (TPSA) is 67.9 Å². The predicted molar refractivity (Wildman–Crippen MR) is 127 cm³/mol. The van der Waals surface area contributed by atoms with Crippen molar-refractivity contribution >= 4 is 23.4 Å². The lowest BCUT2D eigenvalue weighted by Crippen LogP contribution is -2.48. The zero-order chi connectivity index (χ0) is 22.9. The number of benzene rings is 1. The fourth-order valence-corrected chi connectivity index (χ4v) is 4.81. The monoisotopic (exact) mass is 464 g/mol. The van der Waals surface area contributed by atoms with E-state index in [-0.39, 0.29) is 17.9 Å². The Morgan fingerprint density at radius 3 is 2.44 bits per heavy atom. The van der Waals surface area contributed by atoms with Gasteiger partial charge in [-0.2, -0.15) is 0 Å². The minimum Gasteiger partial charge on any atom is -0.490 e. The Labute approximate surface area is 197 Å². The van der Waals surface area contributed by atoms with E-state index in [2.05, 4.69) is 12.2 Å². The first-order chi connectivity index (χ1) is 15.5. The molecular weight excluding hydrogens is 428 g/mol. The summed E-state index contributed by atoms with van der Waals surface area (Å²) in [7, 11) is 0. The second kappa shape index (κ2) is 12.3. The number of ether oxygens (including phenoxy) is 2. The fraction of sp³-hybridized carbons (Fsp3) is 0.680. The smallest absolute Gasteiger partial charge is 0.251 e. The van der Waals surface area contributed by atoms with Gasteiger partial charge in [0.25, 0.3) is 5.91 Å². The molecule has 6 nitrogen and oxygen atoms in total. The summed E-state index contributed by atoms with van der Waals surface area (Å²) >= 11 is 6.43. The highest BCUT2D eigenvalue weighted by atomic mass is 35.5. The van der Waals surface area contributed by atoms with Crippen LogP contribution >= 0.6 is 11.6 Å². The first-order valence-corrected chi connectivity index (χ1v) is 12.6. The SMILES string of the molecule is CCCCOc1c(Cl)cc(C(=O)NC2CCN(C(=O)C3CCCCC3)CC2)cc1OCC. The van der Waals surface area contributed by atoms with E-state index in [0.717, 1.165) is 51.4 Å². The minimum atomic E-state index is -0.176. The van der Waals surface area contributed by atoms with Crippen molar-refractivity contribution in [3.05, 3.63) is 22.7 Å². The Morgan fingerprint density at radius 2 is 1.78 bits per heavy atom. The van der Waals surface area contributed by atoms with Crippen LogP contribution in [0.25, 0.3) is 0 Å². The molecule has 0 radical (unpaired) electrons. The van der Waals surface area contributed by atoms with E-state index in [1.807, 2.05) is 11.8 Å². The van der Waals surface area contributed by atoms with Crippen LogP contribution in [0.15, 0.2) is 12.1 Å². The summed E-state index contributed by atoms with van der Waals surface area (Å²) in [5.41, 5.74) is 0.460. The van der Waals surface area contributed by atoms with Crippen LogP contribution in [-0.4, -0.2) is 49.1 Å². The first-order valence-electron chi connectivity index (χ1n) is 12.2. The second-order valence-electron chi connectivity index (χ2n) is 8.83. The van der Waals surface area contributed by atoms with Gasteiger partial charge in [-0.3, -0.25) is 9.59 Å². The fourth-order valence-electron chi connectivity index (χ4n) is 4.54. The van der Waals surface area contributed by atoms with Crippen molar-refractivity contribution in [1.82, 2.24) is 10.2 Å². The molecule has 1 aliphatic heterocycles. The molecule has 0 bridgehead atoms. The number of hydrogen-bond donors (Lipinski definition) is 1. The summed E-state index contributed by atoms with van der Waals surface area (Å²) in [6.45, 7) is 6.40. The van der Waals surface area contributed by atoms with Crippen molar-refractivity contribution in [1.29, 1.82) is 0 Å². The Hall–Kier alpha value is -1.95. The molecule has 2 fully saturated rings. The number of piperidine rings is 1. The number of rotatable bonds is 9. The number of carbonyl (C=O) groups excluding carboxylic acids is 2. The third kappa shape index (κ3) is 6.53. The number of likely N-dealkylation sites (tertiary alicyclic amines) is 1. The molecule has 1 aromatic rings. The van der Waals surface area contributed by atoms with Crippen LogP contribution in [0.4, 0.5) is 0 Å². The summed E-state index contributed by atoms with van der Waals surface area (Å²) in [6, 6.07) is 3.39. The zero-order valence-corrected chi connectivity index (χ0v) is 20.2. The Morgan fingerprint density at radius 1 is 1.06 bits per heavy atom. The number of carbonyl (C=O) groups is 2. The minimum absolute atomic E-state index is 0.0488. The highest BCUT2D eigenvalue weighted by Gasteiger charge is 2.30. The first kappa shape index (κ1) is 24.7. The summed E-state index contributed by atoms with van der Waals surface area (Å²) in [4.78, 5) is 27.7. The zero-order valence-electron chi connectivity index (χ0n) is 19.5. The van der Waals surface area contributed by atoms with Crippen LogP contribution in [0.2, 0.25) is 5.02 Å². The van der Waals surface area contributed by atoms with E-state index < -0.39 is 0 Å². The quantitative estimate of drug-likeness (QED) is 0.509. The molecule has 1 aliphatic carbocycles. The number of hydrogen-bond acceptors (Lipinski definition) is 4. The van der Waals surface area contributed by atoms with Crippen LogP contribution in [0, 0.1) is 5.92 Å². The molecule has 0 spiro atoms. The molecule has 1 N–H and O–H groups in total. The number of unbranched alkanes of at least 4 members (excludes halogenated alkanes) is 1. The van der Waals surface area contributed by atoms with Crippen molar-refractivity contribution in [2.75, 3.05) is 26.3 Å². The Kier molecular flexibility index (Phi) is 9.51. The van der Waals surface area contributed by atoms with Crippen LogP contribution < -0.4 is 14.8 Å². The van der Waals surface area contributed by atoms with Gasteiger partial charge in [0, 0.05) is 30.6 Å². The second-order valence-corrected chi connectivity index (χ2v) is 9.24. The van der Waals surface area contributed by atoms with Crippen molar-refractivity contribution in [3.8, 4) is 11.5 Å². The highest BCUT2D eigenvalue weighted by molar-refractivity contribution is 6.32. The molecular formula is C25H37ClN2O4. The van der Waals surface area contributed by atoms with Gasteiger partial charge in [-0.05, 0) is 51.2 Å². The van der Waals surface area contributed by atoms with Gasteiger partial charge >= 0.3 is 0 Å². The van der Waals surface area contributed by atoms with Gasteiger partial charge in [-0.1, -0.05) is 44.2 Å². The average molecular weight is 465 g/mol. The summed E-state index contributed by atoms with van der Waals surface area (Å²) in [6.07, 6.45) is 9.11. The molecule has 0 unspecified atom stereocenters. The van der Waals surface area contributed by atoms with Crippen molar-refractivity contribution < 1.29 is 19.1 Å². The predicted octanol–water partition coefficient (Wildman–Crippen LogP) is 5.22. The summed E-state index contributed by atoms with van der Waals surface area (Å²) in [5.74, 6) is 1.32. The molecule has 0 aromatic heterocycles. The van der Waals surface area contributed by atoms with E-state index in [4.69, 9.17) is 21.1 Å². The molecule has 1 heterocycles. The van der Waals surface area contributed by atoms with Gasteiger partial charge in [0.05, 0.1) is 18.2 Å². The van der Waals surface area contributed by atoms with Crippen LogP contribution in [0.1, 0.15) is 82.0 Å². The third-order valence-corrected chi connectivity index (χ3v) is 6.69. The third-order valence-electron chi connectivity index (χ3n) is 6.41. The van der Waals surface area contributed by atoms with Crippen LogP contribution in [-0.2, 0) is 4.79 Å². The largest absolute Gasteiger partial charge is 0.490 e. The normalized spacial score (nSPS) is 17.8. The Bertz CT molecular complexity index is 771. The van der Waals surface area contributed by atoms with E-state index in [1.54, 1.807) is 12.1 Å². The maximum atomic E-state index is 12.9. The van der Waals surface area contributed by atoms with Gasteiger partial charge in [0.2, 0.25) is 5.91 Å². The van der Waals surface area contributed by atoms with Gasteiger partial charge < -0.3 is 19.7 Å². The molecule has 178 valence electrons. The van der Waals surface area contributed by atoms with E-state index in [0.29, 0.717) is 54.3 Å². The van der Waals surface area contributed by atoms with Gasteiger partial charge in [0.1, 0.15) is 0 Å². The lowest BCUT2D eigenvalue weighted by molar-refractivity contribution is -0.137. The Balaban J connectivity index is 1.56. The van der Waals surface area contributed by atoms with Gasteiger partial charge in [-0.15, -0.1) is 0 Å². The molecule has 1 saturated heterocycles. The molecule has 1 saturated carbocycles. The molecule has 2 aliphatic rings. The number of nitrogens with zero attached hydrogens (tertiary/aromatic N) is 1. The average Bonchev–Trinajstić information content (AvgIpc) is 2.81. The number of amides is 2. The van der Waals surface area contributed by atoms with E-state index in [1.165, 1.54) is 6.42 Å². The lowest BCUT2D eigenvalue weighted by atomic mass is 9.87. The molecule has 2 amide bonds. The molecule has 7 heteroatoms. The highest BCUT2D eigenvalue weighted by Crippen LogP contribution is 2.37. The molecule has 1 aromatic carbocycles. The maximum Gasteiger partial charge on any atom is 0.251 e. The van der Waals surface area contributed by atoms with Gasteiger partial charge in [-0.25, -0.2) is 0 Å². The van der Waals surface area contributed by atoms with E-state index >= 15 is 0 Å². The van der Waals surface area contributed by atoms with Crippen LogP contribution in [0.5, 0.6) is 11.5 Å². The van der Waals surface area contributed by atoms with Crippen molar-refractivity contribution in [2.24, 2.45) is 5.92 Å². The number of halogens is 1. The molecule has 32 heavy (non-hydrogen) atoms. The summed E-state index contributed by atoms with van der Waals surface area (Å²) in [5, 5.41) is 3.49. The van der Waals surface area contributed by atoms with Crippen molar-refractivity contribution in [3.63, 3.8) is 0 Å². The van der Waals surface area contributed by atoms with Crippen LogP contribution in [0.3, 0.4) is 0 Å². The molecule has 3 rings (SSSR count). The standard InChI is InChI=1S/C25H37ClN2O4/c1-3-5-15-32-23-21(26)16-19(17-22(23)31-4-2)24(29)27-20-11-13-28(14-12-20)25(30)18-9-7-6-8-10-18/h16-18,20H,3-15H2,1-2H3,(H,27,29). The molecule has 0 atom stereocenters. The van der Waals surface area contributed by atoms with Gasteiger partial charge in [0.15, 0.2) is 11.5 Å². The summed E-state index contributed by atoms with van der Waals surface area (Å²) < 4.78 is 11.5.